The van der Waals surface area contributed by atoms with E-state index in [0.29, 0.717) is 6.42 Å². The predicted octanol–water partition coefficient (Wildman–Crippen LogP) is 11.5. The fourth-order valence-electron chi connectivity index (χ4n) is 5.21. The summed E-state index contributed by atoms with van der Waals surface area (Å²) in [5.41, 5.74) is 3.53. The van der Waals surface area contributed by atoms with Gasteiger partial charge in [0.1, 0.15) is 0 Å². The third kappa shape index (κ3) is 9.22. The molecule has 0 unspecified atom stereocenters. The summed E-state index contributed by atoms with van der Waals surface area (Å²) in [7, 11) is -6.47. The third-order valence-electron chi connectivity index (χ3n) is 8.11. The zero-order valence-electron chi connectivity index (χ0n) is 28.4. The van der Waals surface area contributed by atoms with Gasteiger partial charge < -0.3 is 0 Å². The van der Waals surface area contributed by atoms with Crippen molar-refractivity contribution in [3.05, 3.63) is 89.5 Å². The number of hydrogen-bond donors (Lipinski definition) is 0. The number of unbranched alkanes of at least 4 members (excludes halogenated alkanes) is 5. The lowest BCUT2D eigenvalue weighted by atomic mass is 9.87. The van der Waals surface area contributed by atoms with Crippen molar-refractivity contribution in [2.45, 2.75) is 139 Å². The van der Waals surface area contributed by atoms with Crippen LogP contribution in [-0.4, -0.2) is 14.2 Å². The zero-order valence-corrected chi connectivity index (χ0v) is 30.1. The summed E-state index contributed by atoms with van der Waals surface area (Å²) in [5.74, 6) is 0.0219. The van der Waals surface area contributed by atoms with Crippen LogP contribution >= 0.6 is 10.3 Å². The minimum absolute atomic E-state index is 0.0219. The van der Waals surface area contributed by atoms with Gasteiger partial charge in [-0.25, -0.2) is 3.63 Å². The molecule has 0 saturated carbocycles. The second kappa shape index (κ2) is 13.9. The Morgan fingerprint density at radius 1 is 0.488 bits per heavy atom. The van der Waals surface area contributed by atoms with Gasteiger partial charge >= 0.3 is 0 Å². The monoisotopic (exact) mass is 624 g/mol. The van der Waals surface area contributed by atoms with Gasteiger partial charge in [0.2, 0.25) is 0 Å². The average Bonchev–Trinajstić information content (AvgIpc) is 2.92. The van der Waals surface area contributed by atoms with Crippen molar-refractivity contribution in [1.82, 2.24) is 0 Å². The number of hydrogen-bond acceptors (Lipinski definition) is 3. The predicted molar refractivity (Wildman–Crippen MR) is 186 cm³/mol. The molecule has 0 amide bonds. The quantitative estimate of drug-likeness (QED) is 0.188. The highest BCUT2D eigenvalue weighted by atomic mass is 32.3. The molecule has 0 bridgehead atoms. The van der Waals surface area contributed by atoms with E-state index in [9.17, 15) is 8.42 Å². The Hall–Kier alpha value is -2.08. The molecule has 0 aliphatic carbocycles. The Bertz CT molecular complexity index is 1260. The van der Waals surface area contributed by atoms with E-state index in [-0.39, 0.29) is 22.0 Å². The summed E-state index contributed by atoms with van der Waals surface area (Å²) in [6.45, 7) is 21.9. The van der Waals surface area contributed by atoms with Crippen LogP contribution in [0.1, 0.15) is 124 Å². The van der Waals surface area contributed by atoms with E-state index in [1.165, 1.54) is 29.5 Å². The molecule has 0 spiro atoms. The first-order chi connectivity index (χ1) is 19.9. The first kappa shape index (κ1) is 35.4. The van der Waals surface area contributed by atoms with Crippen LogP contribution in [0.25, 0.3) is 0 Å². The summed E-state index contributed by atoms with van der Waals surface area (Å²) in [4.78, 5) is 2.66. The van der Waals surface area contributed by atoms with Crippen LogP contribution in [0.5, 0.6) is 0 Å². The molecule has 3 aromatic carbocycles. The molecule has 0 radical (unpaired) electrons. The van der Waals surface area contributed by atoms with Crippen molar-refractivity contribution >= 4 is 20.4 Å². The SMILES string of the molecule is CCCCCCCCS(=O)(=O)OS(c1ccc(C(C)(C)C)cc1)(c1ccc(C(C)(C)C)cc1)c1ccc(C(C)(C)C)cc1. The molecule has 0 heterocycles. The average molecular weight is 625 g/mol. The van der Waals surface area contributed by atoms with Gasteiger partial charge in [-0.1, -0.05) is 138 Å². The molecule has 238 valence electrons. The van der Waals surface area contributed by atoms with Crippen LogP contribution in [0, 0.1) is 0 Å². The maximum Gasteiger partial charge on any atom is 0.277 e. The molecule has 3 nitrogen and oxygen atoms in total. The lowest BCUT2D eigenvalue weighted by Crippen LogP contribution is -2.18. The van der Waals surface area contributed by atoms with Crippen LogP contribution < -0.4 is 0 Å². The fourth-order valence-corrected chi connectivity index (χ4v) is 10.6. The molecule has 5 heteroatoms. The molecule has 0 aromatic heterocycles. The summed E-state index contributed by atoms with van der Waals surface area (Å²) < 4.78 is 34.5. The molecule has 3 rings (SSSR count). The van der Waals surface area contributed by atoms with Crippen LogP contribution in [0.15, 0.2) is 87.5 Å². The molecule has 3 aromatic rings. The number of benzene rings is 3. The van der Waals surface area contributed by atoms with E-state index in [1.54, 1.807) is 0 Å². The van der Waals surface area contributed by atoms with Crippen LogP contribution in [0.2, 0.25) is 0 Å². The molecule has 43 heavy (non-hydrogen) atoms. The van der Waals surface area contributed by atoms with Gasteiger partial charge in [-0.3, -0.25) is 0 Å². The van der Waals surface area contributed by atoms with Crippen molar-refractivity contribution in [3.63, 3.8) is 0 Å². The molecule has 0 N–H and O–H groups in total. The Balaban J connectivity index is 2.23. The minimum atomic E-state index is -3.85. The summed E-state index contributed by atoms with van der Waals surface area (Å²) in [6.07, 6.45) is 6.06. The Morgan fingerprint density at radius 3 is 1.09 bits per heavy atom. The van der Waals surface area contributed by atoms with Gasteiger partial charge in [-0.15, -0.1) is 0 Å². The standard InChI is InChI=1S/C38H56O3S2/c1-11-12-13-14-15-16-29-42(39,40)41-43(33-23-17-30(18-24-33)36(2,3)4,34-25-19-31(20-26-34)37(5,6)7)35-27-21-32(22-28-35)38(8,9)10/h17-28H,11-16,29H2,1-10H3. The van der Waals surface area contributed by atoms with Crippen molar-refractivity contribution in [2.75, 3.05) is 5.75 Å². The third-order valence-corrected chi connectivity index (χ3v) is 13.4. The second-order valence-corrected chi connectivity index (χ2v) is 19.6. The summed E-state index contributed by atoms with van der Waals surface area (Å²) in [6, 6.07) is 25.3. The highest BCUT2D eigenvalue weighted by Gasteiger charge is 2.38. The molecular formula is C38H56O3S2. The molecule has 0 saturated heterocycles. The number of rotatable bonds is 12. The van der Waals surface area contributed by atoms with Gasteiger partial charge in [-0.2, -0.15) is 8.42 Å². The Morgan fingerprint density at radius 2 is 0.791 bits per heavy atom. The lowest BCUT2D eigenvalue weighted by Gasteiger charge is -2.40. The Labute approximate surface area is 265 Å². The van der Waals surface area contributed by atoms with Gasteiger partial charge in [0.05, 0.1) is 5.75 Å². The largest absolute Gasteiger partial charge is 0.277 e. The Kier molecular flexibility index (Phi) is 11.5. The lowest BCUT2D eigenvalue weighted by molar-refractivity contribution is 0.502. The maximum absolute atomic E-state index is 13.9. The van der Waals surface area contributed by atoms with E-state index in [0.717, 1.165) is 33.9 Å². The van der Waals surface area contributed by atoms with Crippen molar-refractivity contribution < 1.29 is 12.0 Å². The normalized spacial score (nSPS) is 13.7. The molecular weight excluding hydrogens is 569 g/mol. The summed E-state index contributed by atoms with van der Waals surface area (Å²) in [5, 5.41) is 0. The van der Waals surface area contributed by atoms with Gasteiger partial charge in [0.15, 0.2) is 0 Å². The molecule has 0 aliphatic heterocycles. The zero-order chi connectivity index (χ0) is 32.1. The van der Waals surface area contributed by atoms with Gasteiger partial charge in [0, 0.05) is 14.7 Å². The second-order valence-electron chi connectivity index (χ2n) is 15.0. The van der Waals surface area contributed by atoms with Crippen molar-refractivity contribution in [2.24, 2.45) is 0 Å². The smallest absolute Gasteiger partial charge is 0.207 e. The van der Waals surface area contributed by atoms with Crippen molar-refractivity contribution in [1.29, 1.82) is 0 Å². The molecule has 0 fully saturated rings. The molecule has 0 aliphatic rings. The van der Waals surface area contributed by atoms with Crippen LogP contribution in [0.4, 0.5) is 0 Å². The van der Waals surface area contributed by atoms with E-state index < -0.39 is 20.4 Å². The first-order valence-corrected chi connectivity index (χ1v) is 19.1. The molecule has 0 atom stereocenters. The van der Waals surface area contributed by atoms with Gasteiger partial charge in [0.25, 0.3) is 10.1 Å². The fraction of sp³-hybridized carbons (Fsp3) is 0.526. The topological polar surface area (TPSA) is 43.4 Å². The maximum atomic E-state index is 13.9. The van der Waals surface area contributed by atoms with E-state index in [4.69, 9.17) is 3.63 Å². The first-order valence-electron chi connectivity index (χ1n) is 16.0. The minimum Gasteiger partial charge on any atom is -0.207 e. The highest BCUT2D eigenvalue weighted by molar-refractivity contribution is 8.33. The van der Waals surface area contributed by atoms with E-state index in [2.05, 4.69) is 142 Å². The van der Waals surface area contributed by atoms with E-state index in [1.807, 2.05) is 0 Å². The van der Waals surface area contributed by atoms with Crippen molar-refractivity contribution in [3.8, 4) is 0 Å². The van der Waals surface area contributed by atoms with Crippen LogP contribution in [0.3, 0.4) is 0 Å². The van der Waals surface area contributed by atoms with E-state index >= 15 is 0 Å². The highest BCUT2D eigenvalue weighted by Crippen LogP contribution is 2.70. The van der Waals surface area contributed by atoms with Crippen LogP contribution in [-0.2, 0) is 30.0 Å². The summed E-state index contributed by atoms with van der Waals surface area (Å²) >= 11 is 0. The van der Waals surface area contributed by atoms with Gasteiger partial charge in [-0.05, 0) is 86.1 Å².